The van der Waals surface area contributed by atoms with E-state index in [0.29, 0.717) is 36.6 Å². The van der Waals surface area contributed by atoms with Crippen LogP contribution in [0, 0.1) is 0 Å². The summed E-state index contributed by atoms with van der Waals surface area (Å²) in [6.07, 6.45) is 8.40. The summed E-state index contributed by atoms with van der Waals surface area (Å²) >= 11 is 0. The number of hydrogen-bond donors (Lipinski definition) is 3. The van der Waals surface area contributed by atoms with E-state index in [1.807, 2.05) is 28.0 Å². The molecule has 0 bridgehead atoms. The third-order valence-electron chi connectivity index (χ3n) is 14.2. The number of nitrogens with two attached hydrogens (primary N) is 1. The van der Waals surface area contributed by atoms with Gasteiger partial charge in [0.2, 0.25) is 5.91 Å². The molecule has 17 heteroatoms. The largest absolute Gasteiger partial charge is 0.368 e. The van der Waals surface area contributed by atoms with E-state index in [9.17, 15) is 28.8 Å². The second kappa shape index (κ2) is 16.6. The minimum absolute atomic E-state index is 0.0230. The smallest absolute Gasteiger partial charge is 0.320 e. The molecule has 0 radical (unpaired) electrons. The molecule has 6 aliphatic heterocycles. The number of piperidine rings is 2. The van der Waals surface area contributed by atoms with Crippen molar-refractivity contribution in [2.45, 2.75) is 87.9 Å². The minimum Gasteiger partial charge on any atom is -0.368 e. The van der Waals surface area contributed by atoms with Crippen LogP contribution in [0.15, 0.2) is 48.7 Å². The van der Waals surface area contributed by atoms with E-state index in [0.717, 1.165) is 101 Å². The van der Waals surface area contributed by atoms with Gasteiger partial charge in [-0.3, -0.25) is 29.0 Å². The second-order valence-corrected chi connectivity index (χ2v) is 17.9. The molecule has 6 amide bonds. The standard InChI is InChI=1S/C45H55N11O6/c1-45(15-19-51(20-16-45)33-25-53(26-33)30-13-14-34-35(22-30)43(61)56(42(34)60)36(8-5-21-57)41(59)47-2)28-9-11-29(12-10-28)49-40-38(39(46)58)48-23-37(50-40)52-17-3-6-31(24-52)55-27-32-7-4-18-54(32)44(55)62/h9-14,21-23,31-33,36H,3-8,15-20,24-27H2,1-2H3,(H2,46,58)(H,47,59)(H,49,50). The lowest BCUT2D eigenvalue weighted by molar-refractivity contribution is -0.124. The Labute approximate surface area is 361 Å². The van der Waals surface area contributed by atoms with Gasteiger partial charge in [0, 0.05) is 70.2 Å². The molecule has 5 saturated heterocycles. The van der Waals surface area contributed by atoms with Gasteiger partial charge in [-0.1, -0.05) is 19.1 Å². The molecule has 7 heterocycles. The van der Waals surface area contributed by atoms with Gasteiger partial charge in [0.1, 0.15) is 18.1 Å². The highest BCUT2D eigenvalue weighted by atomic mass is 16.2. The predicted molar refractivity (Wildman–Crippen MR) is 232 cm³/mol. The Morgan fingerprint density at radius 1 is 0.871 bits per heavy atom. The van der Waals surface area contributed by atoms with Crippen LogP contribution >= 0.6 is 0 Å². The van der Waals surface area contributed by atoms with Crippen LogP contribution in [0.1, 0.15) is 95.1 Å². The van der Waals surface area contributed by atoms with Crippen LogP contribution in [0.5, 0.6) is 0 Å². The van der Waals surface area contributed by atoms with Gasteiger partial charge in [-0.25, -0.2) is 14.8 Å². The van der Waals surface area contributed by atoms with Crippen molar-refractivity contribution >= 4 is 59.0 Å². The summed E-state index contributed by atoms with van der Waals surface area (Å²) in [4.78, 5) is 97.2. The molecule has 0 saturated carbocycles. The molecular formula is C45H55N11O6. The van der Waals surface area contributed by atoms with Crippen LogP contribution in [0.4, 0.5) is 27.8 Å². The number of amides is 6. The van der Waals surface area contributed by atoms with Crippen molar-refractivity contribution in [3.8, 4) is 0 Å². The van der Waals surface area contributed by atoms with Crippen LogP contribution in [0.2, 0.25) is 0 Å². The number of rotatable bonds is 13. The first-order valence-electron chi connectivity index (χ1n) is 22.0. The van der Waals surface area contributed by atoms with Crippen molar-refractivity contribution in [2.75, 3.05) is 74.5 Å². The summed E-state index contributed by atoms with van der Waals surface area (Å²) in [6, 6.07) is 13.5. The molecule has 326 valence electrons. The number of hydrogen-bond acceptors (Lipinski definition) is 12. The Morgan fingerprint density at radius 2 is 1.56 bits per heavy atom. The number of aromatic nitrogens is 2. The summed E-state index contributed by atoms with van der Waals surface area (Å²) in [5, 5.41) is 5.83. The molecule has 3 aromatic rings. The van der Waals surface area contributed by atoms with Gasteiger partial charge in [0.15, 0.2) is 11.5 Å². The van der Waals surface area contributed by atoms with Gasteiger partial charge in [0.05, 0.1) is 29.4 Å². The molecule has 1 aromatic heterocycles. The number of carbonyl (C=O) groups excluding carboxylic acids is 6. The lowest BCUT2D eigenvalue weighted by Gasteiger charge is -2.50. The zero-order valence-corrected chi connectivity index (χ0v) is 35.4. The maximum Gasteiger partial charge on any atom is 0.320 e. The van der Waals surface area contributed by atoms with Crippen LogP contribution in [0.25, 0.3) is 0 Å². The second-order valence-electron chi connectivity index (χ2n) is 17.9. The van der Waals surface area contributed by atoms with Crippen molar-refractivity contribution in [2.24, 2.45) is 5.73 Å². The predicted octanol–water partition coefficient (Wildman–Crippen LogP) is 3.12. The van der Waals surface area contributed by atoms with Gasteiger partial charge >= 0.3 is 6.03 Å². The van der Waals surface area contributed by atoms with Crippen molar-refractivity contribution in [1.29, 1.82) is 0 Å². The zero-order chi connectivity index (χ0) is 43.3. The summed E-state index contributed by atoms with van der Waals surface area (Å²) in [5.74, 6) is -1.22. The van der Waals surface area contributed by atoms with Crippen LogP contribution in [0.3, 0.4) is 0 Å². The van der Waals surface area contributed by atoms with Crippen LogP contribution < -0.4 is 26.2 Å². The molecule has 9 rings (SSSR count). The highest BCUT2D eigenvalue weighted by Crippen LogP contribution is 2.39. The topological polar surface area (TPSA) is 198 Å². The van der Waals surface area contributed by atoms with Crippen molar-refractivity contribution in [3.05, 3.63) is 71.0 Å². The van der Waals surface area contributed by atoms with Gasteiger partial charge in [-0.2, -0.15) is 0 Å². The van der Waals surface area contributed by atoms with Gasteiger partial charge in [0.25, 0.3) is 17.7 Å². The summed E-state index contributed by atoms with van der Waals surface area (Å²) in [5.41, 5.74) is 9.22. The number of nitrogens with zero attached hydrogens (tertiary/aromatic N) is 8. The van der Waals surface area contributed by atoms with Crippen LogP contribution in [-0.4, -0.2) is 149 Å². The van der Waals surface area contributed by atoms with E-state index in [1.54, 1.807) is 18.3 Å². The average Bonchev–Trinajstić information content (AvgIpc) is 3.93. The molecule has 17 nitrogen and oxygen atoms in total. The normalized spacial score (nSPS) is 23.0. The Balaban J connectivity index is 0.796. The molecule has 4 N–H and O–H groups in total. The Morgan fingerprint density at radius 3 is 2.26 bits per heavy atom. The molecule has 62 heavy (non-hydrogen) atoms. The monoisotopic (exact) mass is 845 g/mol. The van der Waals surface area contributed by atoms with Gasteiger partial charge in [-0.15, -0.1) is 0 Å². The van der Waals surface area contributed by atoms with E-state index in [1.165, 1.54) is 12.6 Å². The Hall–Kier alpha value is -6.10. The number of likely N-dealkylation sites (N-methyl/N-ethyl adjacent to an activating group) is 1. The fraction of sp³-hybridized carbons (Fsp3) is 0.511. The number of benzene rings is 2. The third-order valence-corrected chi connectivity index (χ3v) is 14.2. The Bertz CT molecular complexity index is 2270. The number of aldehydes is 1. The number of nitrogens with one attached hydrogen (secondary N) is 2. The van der Waals surface area contributed by atoms with Crippen molar-refractivity contribution in [3.63, 3.8) is 0 Å². The summed E-state index contributed by atoms with van der Waals surface area (Å²) in [7, 11) is 1.44. The van der Waals surface area contributed by atoms with Crippen molar-refractivity contribution < 1.29 is 28.8 Å². The maximum atomic E-state index is 13.5. The first-order chi connectivity index (χ1) is 30.0. The molecule has 2 aromatic carbocycles. The lowest BCUT2D eigenvalue weighted by Crippen LogP contribution is -2.61. The van der Waals surface area contributed by atoms with E-state index in [2.05, 4.69) is 49.4 Å². The van der Waals surface area contributed by atoms with E-state index < -0.39 is 29.7 Å². The van der Waals surface area contributed by atoms with Gasteiger partial charge in [-0.05, 0) is 99.3 Å². The number of fused-ring (bicyclic) bond motifs is 2. The fourth-order valence-electron chi connectivity index (χ4n) is 10.4. The molecule has 0 aliphatic carbocycles. The molecule has 6 aliphatic rings. The van der Waals surface area contributed by atoms with E-state index >= 15 is 0 Å². The number of anilines is 4. The summed E-state index contributed by atoms with van der Waals surface area (Å²) < 4.78 is 0. The number of imide groups is 1. The first kappa shape index (κ1) is 41.3. The number of primary amides is 1. The van der Waals surface area contributed by atoms with E-state index in [-0.39, 0.29) is 47.2 Å². The number of likely N-dealkylation sites (tertiary alicyclic amines) is 1. The molecule has 5 fully saturated rings. The Kier molecular flexibility index (Phi) is 11.1. The third kappa shape index (κ3) is 7.49. The number of urea groups is 1. The highest BCUT2D eigenvalue weighted by Gasteiger charge is 2.45. The SMILES string of the molecule is CNC(=O)C(CCC=O)N1C(=O)c2ccc(N3CC(N4CCC(C)(c5ccc(Nc6nc(N7CCCC(N8CC9CCCN9C8=O)C7)cnc6C(N)=O)cc5)CC4)C3)cc2C1=O. The fourth-order valence-corrected chi connectivity index (χ4v) is 10.4. The maximum absolute atomic E-state index is 13.5. The van der Waals surface area contributed by atoms with Crippen molar-refractivity contribution in [1.82, 2.24) is 34.9 Å². The van der Waals surface area contributed by atoms with Crippen LogP contribution in [-0.2, 0) is 15.0 Å². The molecule has 3 unspecified atom stereocenters. The molecule has 0 spiro atoms. The zero-order valence-electron chi connectivity index (χ0n) is 35.4. The van der Waals surface area contributed by atoms with E-state index in [4.69, 9.17) is 10.7 Å². The quantitative estimate of drug-likeness (QED) is 0.168. The summed E-state index contributed by atoms with van der Waals surface area (Å²) in [6.45, 7) is 8.87. The number of carbonyl (C=O) groups is 6. The molecule has 3 atom stereocenters. The molecular weight excluding hydrogens is 791 g/mol. The lowest BCUT2D eigenvalue weighted by atomic mass is 9.74. The first-order valence-corrected chi connectivity index (χ1v) is 22.0. The highest BCUT2D eigenvalue weighted by molar-refractivity contribution is 6.23. The average molecular weight is 846 g/mol. The van der Waals surface area contributed by atoms with Gasteiger partial charge < -0.3 is 40.8 Å². The minimum atomic E-state index is -1.05.